The average Bonchev–Trinajstić information content (AvgIpc) is 2.78. The zero-order chi connectivity index (χ0) is 22.1. The second-order valence-electron chi connectivity index (χ2n) is 7.47. The molecule has 4 rings (SSSR count). The van der Waals surface area contributed by atoms with Gasteiger partial charge in [0.2, 0.25) is 0 Å². The van der Waals surface area contributed by atoms with Gasteiger partial charge in [0.25, 0.3) is 5.56 Å². The summed E-state index contributed by atoms with van der Waals surface area (Å²) in [6.07, 6.45) is 0. The molecule has 1 aliphatic rings. The molecule has 0 bridgehead atoms. The van der Waals surface area contributed by atoms with Gasteiger partial charge in [-0.25, -0.2) is 9.37 Å². The van der Waals surface area contributed by atoms with Gasteiger partial charge in [-0.2, -0.15) is 5.26 Å². The molecule has 1 atom stereocenters. The SMILES string of the molecule is Cn1c(=O)c(C#N)c(N2CCN(C(CO)c3ccc(F)cc3)CC2)c2nc(Br)ccc21. The largest absolute Gasteiger partial charge is 0.394 e. The molecule has 2 aromatic heterocycles. The number of nitrogens with zero attached hydrogens (tertiary/aromatic N) is 5. The van der Waals surface area contributed by atoms with E-state index in [-0.39, 0.29) is 29.6 Å². The zero-order valence-corrected chi connectivity index (χ0v) is 18.5. The maximum Gasteiger partial charge on any atom is 0.270 e. The fraction of sp³-hybridized carbons (Fsp3) is 0.318. The Morgan fingerprint density at radius 1 is 1.19 bits per heavy atom. The van der Waals surface area contributed by atoms with E-state index < -0.39 is 0 Å². The average molecular weight is 486 g/mol. The molecule has 1 unspecified atom stereocenters. The highest BCUT2D eigenvalue weighted by Crippen LogP contribution is 2.30. The lowest BCUT2D eigenvalue weighted by atomic mass is 10.0. The molecular weight excluding hydrogens is 465 g/mol. The van der Waals surface area contributed by atoms with Crippen molar-refractivity contribution >= 4 is 32.7 Å². The Balaban J connectivity index is 1.67. The quantitative estimate of drug-likeness (QED) is 0.571. The van der Waals surface area contributed by atoms with Crippen LogP contribution in [0.15, 0.2) is 45.8 Å². The van der Waals surface area contributed by atoms with Crippen molar-refractivity contribution in [2.75, 3.05) is 37.7 Å². The molecule has 160 valence electrons. The number of benzene rings is 1. The highest BCUT2D eigenvalue weighted by Gasteiger charge is 2.28. The third-order valence-electron chi connectivity index (χ3n) is 5.79. The van der Waals surface area contributed by atoms with Gasteiger partial charge in [-0.05, 0) is 45.8 Å². The molecule has 1 saturated heterocycles. The summed E-state index contributed by atoms with van der Waals surface area (Å²) in [6.45, 7) is 2.25. The van der Waals surface area contributed by atoms with E-state index in [2.05, 4.69) is 31.9 Å². The van der Waals surface area contributed by atoms with Gasteiger partial charge in [0.15, 0.2) is 0 Å². The number of nitriles is 1. The van der Waals surface area contributed by atoms with Crippen LogP contribution in [-0.2, 0) is 7.05 Å². The molecular formula is C22H21BrFN5O2. The number of pyridine rings is 2. The Morgan fingerprint density at radius 2 is 1.87 bits per heavy atom. The molecule has 31 heavy (non-hydrogen) atoms. The van der Waals surface area contributed by atoms with Gasteiger partial charge >= 0.3 is 0 Å². The number of hydrogen-bond donors (Lipinski definition) is 1. The van der Waals surface area contributed by atoms with E-state index in [1.54, 1.807) is 25.2 Å². The van der Waals surface area contributed by atoms with Gasteiger partial charge in [-0.15, -0.1) is 0 Å². The summed E-state index contributed by atoms with van der Waals surface area (Å²) in [5, 5.41) is 19.7. The molecule has 1 aliphatic heterocycles. The summed E-state index contributed by atoms with van der Waals surface area (Å²) >= 11 is 3.39. The van der Waals surface area contributed by atoms with Crippen LogP contribution < -0.4 is 10.5 Å². The first-order valence-corrected chi connectivity index (χ1v) is 10.7. The first-order valence-electron chi connectivity index (χ1n) is 9.89. The van der Waals surface area contributed by atoms with E-state index in [1.807, 2.05) is 11.0 Å². The number of aryl methyl sites for hydroxylation is 1. The molecule has 0 amide bonds. The van der Waals surface area contributed by atoms with E-state index in [0.29, 0.717) is 47.5 Å². The number of fused-ring (bicyclic) bond motifs is 1. The standard InChI is InChI=1S/C22H21BrFN5O2/c1-27-17-6-7-19(23)26-20(17)21(16(12-25)22(27)31)29-10-8-28(9-11-29)18(13-30)14-2-4-15(24)5-3-14/h2-7,18,30H,8-11,13H2,1H3. The van der Waals surface area contributed by atoms with Gasteiger partial charge in [0, 0.05) is 33.2 Å². The van der Waals surface area contributed by atoms with Gasteiger partial charge in [0.1, 0.15) is 27.6 Å². The summed E-state index contributed by atoms with van der Waals surface area (Å²) in [4.78, 5) is 21.5. The number of piperazine rings is 1. The lowest BCUT2D eigenvalue weighted by molar-refractivity contribution is 0.117. The second kappa shape index (κ2) is 8.75. The lowest BCUT2D eigenvalue weighted by Gasteiger charge is -2.40. The Kier molecular flexibility index (Phi) is 6.05. The van der Waals surface area contributed by atoms with Gasteiger partial charge in [-0.3, -0.25) is 9.69 Å². The van der Waals surface area contributed by atoms with Crippen molar-refractivity contribution in [3.05, 3.63) is 68.3 Å². The molecule has 1 aromatic carbocycles. The first-order chi connectivity index (χ1) is 14.9. The summed E-state index contributed by atoms with van der Waals surface area (Å²) < 4.78 is 15.4. The molecule has 1 fully saturated rings. The molecule has 0 spiro atoms. The van der Waals surface area contributed by atoms with E-state index in [9.17, 15) is 19.6 Å². The van der Waals surface area contributed by atoms with Crippen LogP contribution in [0, 0.1) is 17.1 Å². The van der Waals surface area contributed by atoms with Crippen molar-refractivity contribution in [2.45, 2.75) is 6.04 Å². The number of aromatic nitrogens is 2. The number of aliphatic hydroxyl groups excluding tert-OH is 1. The third kappa shape index (κ3) is 3.94. The lowest BCUT2D eigenvalue weighted by Crippen LogP contribution is -2.49. The van der Waals surface area contributed by atoms with Crippen LogP contribution in [0.25, 0.3) is 11.0 Å². The van der Waals surface area contributed by atoms with Crippen molar-refractivity contribution in [3.8, 4) is 6.07 Å². The van der Waals surface area contributed by atoms with E-state index in [4.69, 9.17) is 0 Å². The fourth-order valence-corrected chi connectivity index (χ4v) is 4.46. The Labute approximate surface area is 187 Å². The van der Waals surface area contributed by atoms with Gasteiger partial charge in [0.05, 0.1) is 23.9 Å². The molecule has 1 N–H and O–H groups in total. The number of rotatable bonds is 4. The van der Waals surface area contributed by atoms with Crippen LogP contribution in [-0.4, -0.2) is 52.3 Å². The van der Waals surface area contributed by atoms with Crippen LogP contribution >= 0.6 is 15.9 Å². The maximum atomic E-state index is 13.3. The maximum absolute atomic E-state index is 13.3. The Morgan fingerprint density at radius 3 is 2.48 bits per heavy atom. The van der Waals surface area contributed by atoms with Crippen molar-refractivity contribution in [1.29, 1.82) is 5.26 Å². The predicted molar refractivity (Wildman–Crippen MR) is 119 cm³/mol. The van der Waals surface area contributed by atoms with Crippen LogP contribution in [0.4, 0.5) is 10.1 Å². The fourth-order valence-electron chi connectivity index (χ4n) is 4.15. The topological polar surface area (TPSA) is 85.4 Å². The van der Waals surface area contributed by atoms with Crippen molar-refractivity contribution in [2.24, 2.45) is 7.05 Å². The minimum Gasteiger partial charge on any atom is -0.394 e. The van der Waals surface area contributed by atoms with Crippen LogP contribution in [0.5, 0.6) is 0 Å². The van der Waals surface area contributed by atoms with Gasteiger partial charge in [-0.1, -0.05) is 12.1 Å². The molecule has 0 radical (unpaired) electrons. The van der Waals surface area contributed by atoms with E-state index in [0.717, 1.165) is 5.56 Å². The highest BCUT2D eigenvalue weighted by molar-refractivity contribution is 9.10. The minimum atomic E-state index is -0.351. The summed E-state index contributed by atoms with van der Waals surface area (Å²) in [7, 11) is 1.64. The van der Waals surface area contributed by atoms with E-state index >= 15 is 0 Å². The molecule has 7 nitrogen and oxygen atoms in total. The summed E-state index contributed by atoms with van der Waals surface area (Å²) in [5.41, 5.74) is 2.37. The minimum absolute atomic E-state index is 0.0753. The van der Waals surface area contributed by atoms with Crippen LogP contribution in [0.3, 0.4) is 0 Å². The molecule has 0 aliphatic carbocycles. The monoisotopic (exact) mass is 485 g/mol. The number of aliphatic hydroxyl groups is 1. The smallest absolute Gasteiger partial charge is 0.270 e. The third-order valence-corrected chi connectivity index (χ3v) is 6.23. The summed E-state index contributed by atoms with van der Waals surface area (Å²) in [6, 6.07) is 11.6. The Hall–Kier alpha value is -2.80. The highest BCUT2D eigenvalue weighted by atomic mass is 79.9. The van der Waals surface area contributed by atoms with Gasteiger partial charge < -0.3 is 14.6 Å². The van der Waals surface area contributed by atoms with Crippen LogP contribution in [0.2, 0.25) is 0 Å². The van der Waals surface area contributed by atoms with E-state index in [1.165, 1.54) is 16.7 Å². The molecule has 0 saturated carbocycles. The Bertz CT molecular complexity index is 1210. The number of halogens is 2. The molecule has 9 heteroatoms. The second-order valence-corrected chi connectivity index (χ2v) is 8.29. The predicted octanol–water partition coefficient (Wildman–Crippen LogP) is 2.56. The first kappa shape index (κ1) is 21.4. The number of anilines is 1. The molecule has 3 heterocycles. The van der Waals surface area contributed by atoms with Crippen molar-refractivity contribution in [1.82, 2.24) is 14.5 Å². The van der Waals surface area contributed by atoms with Crippen molar-refractivity contribution < 1.29 is 9.50 Å². The number of hydrogen-bond acceptors (Lipinski definition) is 6. The molecule has 3 aromatic rings. The van der Waals surface area contributed by atoms with Crippen molar-refractivity contribution in [3.63, 3.8) is 0 Å². The zero-order valence-electron chi connectivity index (χ0n) is 16.9. The summed E-state index contributed by atoms with van der Waals surface area (Å²) in [5.74, 6) is -0.314. The van der Waals surface area contributed by atoms with Crippen LogP contribution in [0.1, 0.15) is 17.2 Å². The normalized spacial score (nSPS) is 15.8.